The van der Waals surface area contributed by atoms with Crippen molar-refractivity contribution < 1.29 is 4.79 Å². The number of thioether (sulfide) groups is 1. The molecule has 5 heteroatoms. The molecule has 0 bridgehead atoms. The smallest absolute Gasteiger partial charge is 0.266 e. The lowest BCUT2D eigenvalue weighted by atomic mass is 9.94. The molecule has 1 saturated carbocycles. The van der Waals surface area contributed by atoms with Crippen LogP contribution in [0.15, 0.2) is 41.3 Å². The van der Waals surface area contributed by atoms with Crippen LogP contribution in [-0.2, 0) is 4.79 Å². The van der Waals surface area contributed by atoms with Crippen LogP contribution in [0, 0.1) is 0 Å². The van der Waals surface area contributed by atoms with Crippen molar-refractivity contribution in [3.63, 3.8) is 0 Å². The van der Waals surface area contributed by atoms with E-state index in [0.29, 0.717) is 10.4 Å². The molecular weight excluding hydrogens is 348 g/mol. The van der Waals surface area contributed by atoms with Gasteiger partial charge in [-0.15, -0.1) is 0 Å². The normalized spacial score (nSPS) is 20.9. The lowest BCUT2D eigenvalue weighted by molar-refractivity contribution is -0.124. The molecule has 0 atom stereocenters. The molecule has 0 radical (unpaired) electrons. The number of rotatable bonds is 4. The van der Waals surface area contributed by atoms with E-state index in [9.17, 15) is 4.79 Å². The quantitative estimate of drug-likeness (QED) is 0.557. The summed E-state index contributed by atoms with van der Waals surface area (Å²) in [6.45, 7) is 0. The van der Waals surface area contributed by atoms with Gasteiger partial charge in [0.2, 0.25) is 0 Å². The van der Waals surface area contributed by atoms with Gasteiger partial charge < -0.3 is 4.90 Å². The summed E-state index contributed by atoms with van der Waals surface area (Å²) in [5, 5.41) is 0. The highest BCUT2D eigenvalue weighted by molar-refractivity contribution is 8.26. The van der Waals surface area contributed by atoms with Gasteiger partial charge in [-0.2, -0.15) is 0 Å². The van der Waals surface area contributed by atoms with Gasteiger partial charge in [-0.1, -0.05) is 67.5 Å². The van der Waals surface area contributed by atoms with Crippen LogP contribution in [0.5, 0.6) is 0 Å². The minimum atomic E-state index is 0.0782. The zero-order chi connectivity index (χ0) is 17.8. The Morgan fingerprint density at radius 1 is 1.16 bits per heavy atom. The number of amides is 1. The number of thiocarbonyl (C=S) groups is 1. The molecule has 1 heterocycles. The SMILES string of the molecule is CN(C)c1ccc(C=CC=C2SC(=S)N(C3CCCCC3)C2=O)cc1. The van der Waals surface area contributed by atoms with Crippen molar-refractivity contribution in [2.45, 2.75) is 38.1 Å². The highest BCUT2D eigenvalue weighted by Gasteiger charge is 2.37. The molecule has 3 rings (SSSR count). The fourth-order valence-electron chi connectivity index (χ4n) is 3.28. The Balaban J connectivity index is 1.67. The van der Waals surface area contributed by atoms with E-state index in [1.807, 2.05) is 37.2 Å². The Labute approximate surface area is 159 Å². The van der Waals surface area contributed by atoms with Crippen molar-refractivity contribution in [2.24, 2.45) is 0 Å². The maximum atomic E-state index is 12.7. The summed E-state index contributed by atoms with van der Waals surface area (Å²) in [5.41, 5.74) is 2.29. The third-order valence-electron chi connectivity index (χ3n) is 4.71. The average Bonchev–Trinajstić information content (AvgIpc) is 2.90. The van der Waals surface area contributed by atoms with Crippen LogP contribution < -0.4 is 4.90 Å². The molecule has 1 aromatic rings. The van der Waals surface area contributed by atoms with E-state index < -0.39 is 0 Å². The first kappa shape index (κ1) is 18.2. The fraction of sp³-hybridized carbons (Fsp3) is 0.400. The second-order valence-electron chi connectivity index (χ2n) is 6.71. The number of carbonyl (C=O) groups excluding carboxylic acids is 1. The van der Waals surface area contributed by atoms with E-state index in [4.69, 9.17) is 12.2 Å². The number of benzene rings is 1. The summed E-state index contributed by atoms with van der Waals surface area (Å²) in [4.78, 5) is 17.3. The van der Waals surface area contributed by atoms with Crippen LogP contribution in [0.25, 0.3) is 6.08 Å². The van der Waals surface area contributed by atoms with Gasteiger partial charge in [0.25, 0.3) is 5.91 Å². The molecular formula is C20H24N2OS2. The van der Waals surface area contributed by atoms with Crippen LogP contribution in [0.4, 0.5) is 5.69 Å². The summed E-state index contributed by atoms with van der Waals surface area (Å²) >= 11 is 6.88. The van der Waals surface area contributed by atoms with E-state index in [0.717, 1.165) is 23.3 Å². The molecule has 132 valence electrons. The molecule has 0 aromatic heterocycles. The van der Waals surface area contributed by atoms with Gasteiger partial charge in [0.05, 0.1) is 4.91 Å². The number of anilines is 1. The first-order valence-electron chi connectivity index (χ1n) is 8.77. The molecule has 1 aliphatic heterocycles. The second-order valence-corrected chi connectivity index (χ2v) is 8.39. The van der Waals surface area contributed by atoms with E-state index in [-0.39, 0.29) is 5.91 Å². The number of hydrogen-bond donors (Lipinski definition) is 0. The predicted octanol–water partition coefficient (Wildman–Crippen LogP) is 4.84. The zero-order valence-electron chi connectivity index (χ0n) is 14.8. The van der Waals surface area contributed by atoms with Crippen molar-refractivity contribution in [3.05, 3.63) is 46.9 Å². The molecule has 1 amide bonds. The molecule has 0 spiro atoms. The number of allylic oxidation sites excluding steroid dienone is 2. The topological polar surface area (TPSA) is 23.6 Å². The Hall–Kier alpha value is -1.59. The molecule has 1 aromatic carbocycles. The van der Waals surface area contributed by atoms with Gasteiger partial charge in [-0.25, -0.2) is 0 Å². The zero-order valence-corrected chi connectivity index (χ0v) is 16.4. The standard InChI is InChI=1S/C20H24N2OS2/c1-21(2)16-13-11-15(12-14-16)7-6-10-18-19(23)22(20(24)25-18)17-8-4-3-5-9-17/h6-7,10-14,17H,3-5,8-9H2,1-2H3. The van der Waals surface area contributed by atoms with Crippen molar-refractivity contribution in [1.29, 1.82) is 0 Å². The first-order valence-corrected chi connectivity index (χ1v) is 10.00. The molecule has 0 unspecified atom stereocenters. The summed E-state index contributed by atoms with van der Waals surface area (Å²) in [7, 11) is 4.05. The number of carbonyl (C=O) groups is 1. The van der Waals surface area contributed by atoms with E-state index in [1.54, 1.807) is 0 Å². The van der Waals surface area contributed by atoms with Gasteiger partial charge in [0, 0.05) is 25.8 Å². The van der Waals surface area contributed by atoms with Gasteiger partial charge in [0.1, 0.15) is 4.32 Å². The van der Waals surface area contributed by atoms with Crippen molar-refractivity contribution >= 4 is 46.0 Å². The lowest BCUT2D eigenvalue weighted by Crippen LogP contribution is -2.39. The minimum absolute atomic E-state index is 0.0782. The van der Waals surface area contributed by atoms with Gasteiger partial charge >= 0.3 is 0 Å². The van der Waals surface area contributed by atoms with Crippen molar-refractivity contribution in [1.82, 2.24) is 4.90 Å². The van der Waals surface area contributed by atoms with Crippen LogP contribution in [0.1, 0.15) is 37.7 Å². The monoisotopic (exact) mass is 372 g/mol. The molecule has 3 nitrogen and oxygen atoms in total. The van der Waals surface area contributed by atoms with Crippen LogP contribution >= 0.6 is 24.0 Å². The molecule has 0 N–H and O–H groups in total. The summed E-state index contributed by atoms with van der Waals surface area (Å²) in [6.07, 6.45) is 11.7. The Bertz CT molecular complexity index is 701. The molecule has 2 aliphatic rings. The van der Waals surface area contributed by atoms with Crippen molar-refractivity contribution in [3.8, 4) is 0 Å². The Morgan fingerprint density at radius 2 is 1.84 bits per heavy atom. The predicted molar refractivity (Wildman–Crippen MR) is 112 cm³/mol. The summed E-state index contributed by atoms with van der Waals surface area (Å²) in [6, 6.07) is 8.62. The van der Waals surface area contributed by atoms with Crippen LogP contribution in [0.3, 0.4) is 0 Å². The number of nitrogens with zero attached hydrogens (tertiary/aromatic N) is 2. The summed E-state index contributed by atoms with van der Waals surface area (Å²) in [5.74, 6) is 0.0782. The largest absolute Gasteiger partial charge is 0.378 e. The first-order chi connectivity index (χ1) is 12.1. The van der Waals surface area contributed by atoms with Gasteiger partial charge in [-0.3, -0.25) is 9.69 Å². The maximum absolute atomic E-state index is 12.7. The lowest BCUT2D eigenvalue weighted by Gasteiger charge is -2.29. The van der Waals surface area contributed by atoms with E-state index in [1.165, 1.54) is 36.7 Å². The van der Waals surface area contributed by atoms with Gasteiger partial charge in [0.15, 0.2) is 0 Å². The third-order valence-corrected chi connectivity index (χ3v) is 6.06. The summed E-state index contributed by atoms with van der Waals surface area (Å²) < 4.78 is 0.715. The molecule has 25 heavy (non-hydrogen) atoms. The fourth-order valence-corrected chi connectivity index (χ4v) is 4.63. The Morgan fingerprint density at radius 3 is 2.48 bits per heavy atom. The average molecular weight is 373 g/mol. The Kier molecular flexibility index (Phi) is 5.97. The number of hydrogen-bond acceptors (Lipinski definition) is 4. The molecule has 1 aliphatic carbocycles. The molecule has 1 saturated heterocycles. The van der Waals surface area contributed by atoms with E-state index in [2.05, 4.69) is 29.2 Å². The minimum Gasteiger partial charge on any atom is -0.378 e. The highest BCUT2D eigenvalue weighted by atomic mass is 32.2. The van der Waals surface area contributed by atoms with Gasteiger partial charge in [-0.05, 0) is 36.6 Å². The van der Waals surface area contributed by atoms with Crippen LogP contribution in [0.2, 0.25) is 0 Å². The van der Waals surface area contributed by atoms with Crippen LogP contribution in [-0.4, -0.2) is 35.3 Å². The maximum Gasteiger partial charge on any atom is 0.266 e. The molecule has 2 fully saturated rings. The second kappa shape index (κ2) is 8.19. The third kappa shape index (κ3) is 4.33. The van der Waals surface area contributed by atoms with E-state index >= 15 is 0 Å². The van der Waals surface area contributed by atoms with Crippen molar-refractivity contribution in [2.75, 3.05) is 19.0 Å². The highest BCUT2D eigenvalue weighted by Crippen LogP contribution is 2.36.